The topological polar surface area (TPSA) is 46.6 Å². The average Bonchev–Trinajstić information content (AvgIpc) is 3.32. The molecule has 142 valence electrons. The van der Waals surface area contributed by atoms with Crippen molar-refractivity contribution in [1.82, 2.24) is 4.90 Å². The van der Waals surface area contributed by atoms with Crippen LogP contribution in [0.15, 0.2) is 48.5 Å². The molecular formula is C23H20BrNO3. The summed E-state index contributed by atoms with van der Waals surface area (Å²) in [7, 11) is 0. The third-order valence-electron chi connectivity index (χ3n) is 7.02. The second-order valence-corrected chi connectivity index (χ2v) is 9.54. The number of carbonyl (C=O) groups excluding carboxylic acids is 2. The van der Waals surface area contributed by atoms with Crippen LogP contribution in [0.5, 0.6) is 0 Å². The van der Waals surface area contributed by atoms with Crippen LogP contribution < -0.4 is 0 Å². The highest BCUT2D eigenvalue weighted by atomic mass is 79.9. The quantitative estimate of drug-likeness (QED) is 0.532. The normalized spacial score (nSPS) is 35.1. The van der Waals surface area contributed by atoms with Gasteiger partial charge in [0.1, 0.15) is 0 Å². The Kier molecular flexibility index (Phi) is 3.49. The number of hydrogen-bond donors (Lipinski definition) is 0. The van der Waals surface area contributed by atoms with E-state index in [9.17, 15) is 9.59 Å². The van der Waals surface area contributed by atoms with Gasteiger partial charge in [-0.05, 0) is 35.1 Å². The van der Waals surface area contributed by atoms with Gasteiger partial charge in [-0.1, -0.05) is 64.5 Å². The fraction of sp³-hybridized carbons (Fsp3) is 0.391. The number of likely N-dealkylation sites (tertiary alicyclic amines) is 1. The van der Waals surface area contributed by atoms with Crippen molar-refractivity contribution in [3.63, 3.8) is 0 Å². The maximum atomic E-state index is 13.6. The van der Waals surface area contributed by atoms with Crippen molar-refractivity contribution in [2.75, 3.05) is 13.2 Å². The number of alkyl halides is 1. The monoisotopic (exact) mass is 437 g/mol. The van der Waals surface area contributed by atoms with Gasteiger partial charge in [0.25, 0.3) is 0 Å². The van der Waals surface area contributed by atoms with Crippen molar-refractivity contribution in [2.45, 2.75) is 29.2 Å². The van der Waals surface area contributed by atoms with Gasteiger partial charge in [0, 0.05) is 12.5 Å². The standard InChI is InChI=1S/C23H20BrNO3/c24-23-16-9-3-1-7-14(16)18(15-8-2-4-10-17(15)23)19-20(23)22(27)25(21(19)26)12-13-6-5-11-28-13/h1-4,7-10,13,18-20H,5-6,11-12H2/t13-,18?,19+,20+,23?/m0/s1. The van der Waals surface area contributed by atoms with E-state index in [1.807, 2.05) is 24.3 Å². The largest absolute Gasteiger partial charge is 0.376 e. The molecule has 2 saturated heterocycles. The molecule has 0 spiro atoms. The Morgan fingerprint density at radius 2 is 1.64 bits per heavy atom. The van der Waals surface area contributed by atoms with Crippen molar-refractivity contribution in [3.8, 4) is 0 Å². The second-order valence-electron chi connectivity index (χ2n) is 8.29. The van der Waals surface area contributed by atoms with Crippen LogP contribution in [0, 0.1) is 11.8 Å². The average molecular weight is 438 g/mol. The number of benzene rings is 2. The van der Waals surface area contributed by atoms with Crippen LogP contribution in [-0.2, 0) is 18.7 Å². The van der Waals surface area contributed by atoms with Crippen molar-refractivity contribution in [1.29, 1.82) is 0 Å². The summed E-state index contributed by atoms with van der Waals surface area (Å²) in [5.41, 5.74) is 4.58. The molecule has 3 aliphatic carbocycles. The molecule has 2 aromatic rings. The van der Waals surface area contributed by atoms with Gasteiger partial charge in [0.05, 0.1) is 28.8 Å². The maximum absolute atomic E-state index is 13.6. The summed E-state index contributed by atoms with van der Waals surface area (Å²) in [6.45, 7) is 1.10. The van der Waals surface area contributed by atoms with Gasteiger partial charge in [-0.2, -0.15) is 0 Å². The number of amides is 2. The molecule has 5 aliphatic rings. The van der Waals surface area contributed by atoms with Crippen LogP contribution in [0.2, 0.25) is 0 Å². The molecule has 2 bridgehead atoms. The van der Waals surface area contributed by atoms with Crippen LogP contribution in [0.1, 0.15) is 41.0 Å². The number of imide groups is 1. The smallest absolute Gasteiger partial charge is 0.235 e. The van der Waals surface area contributed by atoms with E-state index in [2.05, 4.69) is 40.2 Å². The predicted molar refractivity (Wildman–Crippen MR) is 107 cm³/mol. The predicted octanol–water partition coefficient (Wildman–Crippen LogP) is 3.56. The van der Waals surface area contributed by atoms with E-state index in [1.165, 1.54) is 16.0 Å². The fourth-order valence-corrected chi connectivity index (χ4v) is 7.11. The first-order valence-corrected chi connectivity index (χ1v) is 10.8. The van der Waals surface area contributed by atoms with Crippen LogP contribution in [-0.4, -0.2) is 36.0 Å². The van der Waals surface area contributed by atoms with Gasteiger partial charge < -0.3 is 4.74 Å². The molecule has 0 aromatic heterocycles. The van der Waals surface area contributed by atoms with Crippen molar-refractivity contribution < 1.29 is 14.3 Å². The van der Waals surface area contributed by atoms with Crippen LogP contribution in [0.25, 0.3) is 0 Å². The summed E-state index contributed by atoms with van der Waals surface area (Å²) in [5.74, 6) is -0.920. The van der Waals surface area contributed by atoms with Crippen molar-refractivity contribution in [2.24, 2.45) is 11.8 Å². The summed E-state index contributed by atoms with van der Waals surface area (Å²) in [4.78, 5) is 28.6. The second kappa shape index (κ2) is 5.77. The van der Waals surface area contributed by atoms with Gasteiger partial charge in [-0.25, -0.2) is 0 Å². The summed E-state index contributed by atoms with van der Waals surface area (Å²) in [6, 6.07) is 16.5. The minimum Gasteiger partial charge on any atom is -0.376 e. The molecule has 2 aliphatic heterocycles. The van der Waals surface area contributed by atoms with Crippen molar-refractivity contribution >= 4 is 27.7 Å². The third-order valence-corrected chi connectivity index (χ3v) is 8.36. The molecule has 28 heavy (non-hydrogen) atoms. The van der Waals surface area contributed by atoms with Gasteiger partial charge in [0.2, 0.25) is 11.8 Å². The molecular weight excluding hydrogens is 418 g/mol. The molecule has 2 amide bonds. The lowest BCUT2D eigenvalue weighted by atomic mass is 9.55. The van der Waals surface area contributed by atoms with Crippen LogP contribution in [0.4, 0.5) is 0 Å². The summed E-state index contributed by atoms with van der Waals surface area (Å²) < 4.78 is 5.07. The highest BCUT2D eigenvalue weighted by Crippen LogP contribution is 2.66. The molecule has 3 atom stereocenters. The van der Waals surface area contributed by atoms with E-state index in [4.69, 9.17) is 4.74 Å². The highest BCUT2D eigenvalue weighted by molar-refractivity contribution is 9.09. The number of carbonyl (C=O) groups is 2. The number of halogens is 1. The molecule has 0 N–H and O–H groups in total. The van der Waals surface area contributed by atoms with E-state index < -0.39 is 10.2 Å². The Morgan fingerprint density at radius 1 is 1.00 bits per heavy atom. The minimum atomic E-state index is -0.655. The third kappa shape index (κ3) is 1.94. The SMILES string of the molecule is O=C1[C@@H]2C3c4ccccc4C(Br)(c4ccccc43)[C@H]2C(=O)N1C[C@@H]1CCCO1. The number of nitrogens with zero attached hydrogens (tertiary/aromatic N) is 1. The molecule has 0 unspecified atom stereocenters. The van der Waals surface area contributed by atoms with Crippen LogP contribution >= 0.6 is 15.9 Å². The maximum Gasteiger partial charge on any atom is 0.235 e. The Hall–Kier alpha value is -1.98. The van der Waals surface area contributed by atoms with E-state index in [0.717, 1.165) is 30.6 Å². The molecule has 2 heterocycles. The van der Waals surface area contributed by atoms with Gasteiger partial charge in [0.15, 0.2) is 0 Å². The number of hydrogen-bond acceptors (Lipinski definition) is 3. The Labute approximate surface area is 172 Å². The Balaban J connectivity index is 1.53. The summed E-state index contributed by atoms with van der Waals surface area (Å²) >= 11 is 4.01. The van der Waals surface area contributed by atoms with E-state index >= 15 is 0 Å². The first-order chi connectivity index (χ1) is 13.6. The summed E-state index contributed by atoms with van der Waals surface area (Å²) in [5, 5.41) is 0. The zero-order valence-corrected chi connectivity index (χ0v) is 16.9. The zero-order valence-electron chi connectivity index (χ0n) is 15.3. The van der Waals surface area contributed by atoms with Gasteiger partial charge in [-0.3, -0.25) is 14.5 Å². The minimum absolute atomic E-state index is 0.0262. The molecule has 4 nitrogen and oxygen atoms in total. The summed E-state index contributed by atoms with van der Waals surface area (Å²) in [6.07, 6.45) is 1.88. The first-order valence-electron chi connectivity index (χ1n) is 9.97. The molecule has 0 radical (unpaired) electrons. The molecule has 2 fully saturated rings. The zero-order chi connectivity index (χ0) is 19.0. The Bertz CT molecular complexity index is 965. The van der Waals surface area contributed by atoms with Crippen LogP contribution in [0.3, 0.4) is 0 Å². The van der Waals surface area contributed by atoms with Crippen molar-refractivity contribution in [3.05, 3.63) is 70.8 Å². The molecule has 7 rings (SSSR count). The van der Waals surface area contributed by atoms with E-state index in [0.29, 0.717) is 6.54 Å². The molecule has 5 heteroatoms. The Morgan fingerprint density at radius 3 is 2.25 bits per heavy atom. The van der Waals surface area contributed by atoms with E-state index in [1.54, 1.807) is 0 Å². The lowest BCUT2D eigenvalue weighted by molar-refractivity contribution is -0.141. The molecule has 2 aromatic carbocycles. The molecule has 0 saturated carbocycles. The first kappa shape index (κ1) is 16.9. The fourth-order valence-electron chi connectivity index (χ4n) is 5.91. The lowest BCUT2D eigenvalue weighted by Crippen LogP contribution is -2.50. The number of ether oxygens (including phenoxy) is 1. The van der Waals surface area contributed by atoms with Gasteiger partial charge >= 0.3 is 0 Å². The van der Waals surface area contributed by atoms with E-state index in [-0.39, 0.29) is 29.8 Å². The lowest BCUT2D eigenvalue weighted by Gasteiger charge is -2.51. The number of rotatable bonds is 2. The highest BCUT2D eigenvalue weighted by Gasteiger charge is 2.67. The van der Waals surface area contributed by atoms with Gasteiger partial charge in [-0.15, -0.1) is 0 Å².